The van der Waals surface area contributed by atoms with E-state index in [2.05, 4.69) is 6.92 Å². The van der Waals surface area contributed by atoms with Gasteiger partial charge in [0.15, 0.2) is 5.92 Å². The third-order valence-corrected chi connectivity index (χ3v) is 3.73. The van der Waals surface area contributed by atoms with E-state index in [1.807, 2.05) is 0 Å². The Balaban J connectivity index is 3.69. The molecule has 1 atom stereocenters. The molecule has 22 heavy (non-hydrogen) atoms. The first-order valence-electron chi connectivity index (χ1n) is 8.63. The minimum absolute atomic E-state index is 0.0662. The summed E-state index contributed by atoms with van der Waals surface area (Å²) in [4.78, 5) is 22.7. The number of hydrogen-bond donors (Lipinski definition) is 2. The van der Waals surface area contributed by atoms with Crippen LogP contribution in [0.3, 0.4) is 0 Å². The summed E-state index contributed by atoms with van der Waals surface area (Å²) in [5.41, 5.74) is 0. The highest BCUT2D eigenvalue weighted by molar-refractivity contribution is 5.93. The van der Waals surface area contributed by atoms with Crippen LogP contribution in [-0.2, 0) is 14.3 Å². The van der Waals surface area contributed by atoms with Crippen molar-refractivity contribution in [2.24, 2.45) is 5.92 Å². The molecule has 0 fully saturated rings. The number of ether oxygens (including phenoxy) is 1. The minimum atomic E-state index is -1.12. The highest BCUT2D eigenvalue weighted by Gasteiger charge is 2.26. The van der Waals surface area contributed by atoms with Gasteiger partial charge in [-0.15, -0.1) is 0 Å². The number of aliphatic hydroxyl groups excluding tert-OH is 1. The zero-order chi connectivity index (χ0) is 16.6. The first-order chi connectivity index (χ1) is 10.6. The Hall–Kier alpha value is -1.10. The van der Waals surface area contributed by atoms with Gasteiger partial charge in [-0.05, 0) is 6.42 Å². The van der Waals surface area contributed by atoms with Gasteiger partial charge in [0.25, 0.3) is 0 Å². The normalized spacial score (nSPS) is 12.1. The molecule has 0 saturated carbocycles. The molecule has 5 heteroatoms. The van der Waals surface area contributed by atoms with Gasteiger partial charge in [-0.25, -0.2) is 0 Å². The second-order valence-electron chi connectivity index (χ2n) is 5.75. The standard InChI is InChI=1S/C17H32O5/c1-2-3-4-5-6-7-8-9-10-12-15(16(19)20)17(21)22-14-11-13-18/h15,18H,2-14H2,1H3,(H,19,20). The summed E-state index contributed by atoms with van der Waals surface area (Å²) in [5.74, 6) is -2.86. The fourth-order valence-corrected chi connectivity index (χ4v) is 2.34. The van der Waals surface area contributed by atoms with Crippen molar-refractivity contribution in [1.82, 2.24) is 0 Å². The lowest BCUT2D eigenvalue weighted by molar-refractivity contribution is -0.159. The van der Waals surface area contributed by atoms with Gasteiger partial charge < -0.3 is 14.9 Å². The summed E-state index contributed by atoms with van der Waals surface area (Å²) < 4.78 is 4.86. The van der Waals surface area contributed by atoms with Crippen LogP contribution in [0.25, 0.3) is 0 Å². The molecule has 0 rings (SSSR count). The van der Waals surface area contributed by atoms with E-state index < -0.39 is 17.9 Å². The van der Waals surface area contributed by atoms with Crippen molar-refractivity contribution < 1.29 is 24.5 Å². The van der Waals surface area contributed by atoms with Crippen LogP contribution < -0.4 is 0 Å². The smallest absolute Gasteiger partial charge is 0.320 e. The number of aliphatic hydroxyl groups is 1. The molecule has 0 aliphatic carbocycles. The molecule has 0 amide bonds. The van der Waals surface area contributed by atoms with E-state index in [0.717, 1.165) is 19.3 Å². The SMILES string of the molecule is CCCCCCCCCCCC(C(=O)O)C(=O)OCCCO. The quantitative estimate of drug-likeness (QED) is 0.274. The van der Waals surface area contributed by atoms with E-state index in [1.165, 1.54) is 38.5 Å². The topological polar surface area (TPSA) is 83.8 Å². The Kier molecular flexibility index (Phi) is 14.1. The summed E-state index contributed by atoms with van der Waals surface area (Å²) in [6.45, 7) is 2.22. The lowest BCUT2D eigenvalue weighted by Gasteiger charge is -2.11. The summed E-state index contributed by atoms with van der Waals surface area (Å²) in [6, 6.07) is 0. The zero-order valence-corrected chi connectivity index (χ0v) is 13.9. The lowest BCUT2D eigenvalue weighted by Crippen LogP contribution is -2.26. The number of carbonyl (C=O) groups excluding carboxylic acids is 1. The molecule has 0 bridgehead atoms. The van der Waals surface area contributed by atoms with Crippen molar-refractivity contribution in [3.63, 3.8) is 0 Å². The van der Waals surface area contributed by atoms with Gasteiger partial charge in [0.05, 0.1) is 6.61 Å². The second kappa shape index (κ2) is 14.8. The summed E-state index contributed by atoms with van der Waals surface area (Å²) >= 11 is 0. The largest absolute Gasteiger partial charge is 0.481 e. The summed E-state index contributed by atoms with van der Waals surface area (Å²) in [6.07, 6.45) is 11.0. The van der Waals surface area contributed by atoms with Crippen molar-refractivity contribution >= 4 is 11.9 Å². The van der Waals surface area contributed by atoms with E-state index in [4.69, 9.17) is 14.9 Å². The van der Waals surface area contributed by atoms with Crippen molar-refractivity contribution in [1.29, 1.82) is 0 Å². The Bertz CT molecular complexity index is 291. The molecule has 1 unspecified atom stereocenters. The number of carboxylic acids is 1. The van der Waals surface area contributed by atoms with Gasteiger partial charge in [-0.3, -0.25) is 9.59 Å². The van der Waals surface area contributed by atoms with Gasteiger partial charge in [0.1, 0.15) is 0 Å². The predicted molar refractivity (Wildman–Crippen MR) is 85.6 cm³/mol. The summed E-state index contributed by atoms with van der Waals surface area (Å²) in [5, 5.41) is 17.7. The average molecular weight is 316 g/mol. The van der Waals surface area contributed by atoms with Crippen molar-refractivity contribution in [3.05, 3.63) is 0 Å². The van der Waals surface area contributed by atoms with Crippen molar-refractivity contribution in [3.8, 4) is 0 Å². The van der Waals surface area contributed by atoms with Crippen molar-refractivity contribution in [2.75, 3.05) is 13.2 Å². The monoisotopic (exact) mass is 316 g/mol. The number of carbonyl (C=O) groups is 2. The molecule has 0 spiro atoms. The number of aliphatic carboxylic acids is 1. The predicted octanol–water partition coefficient (Wildman–Crippen LogP) is 3.53. The van der Waals surface area contributed by atoms with Gasteiger partial charge in [0.2, 0.25) is 0 Å². The molecule has 0 radical (unpaired) electrons. The molecular weight excluding hydrogens is 284 g/mol. The first kappa shape index (κ1) is 20.9. The maximum Gasteiger partial charge on any atom is 0.320 e. The van der Waals surface area contributed by atoms with Crippen LogP contribution in [0.2, 0.25) is 0 Å². The molecule has 130 valence electrons. The molecular formula is C17H32O5. The highest BCUT2D eigenvalue weighted by atomic mass is 16.5. The Morgan fingerprint density at radius 1 is 0.909 bits per heavy atom. The molecule has 0 aliphatic rings. The first-order valence-corrected chi connectivity index (χ1v) is 8.63. The molecule has 2 N–H and O–H groups in total. The van der Waals surface area contributed by atoms with E-state index in [1.54, 1.807) is 0 Å². The van der Waals surface area contributed by atoms with Gasteiger partial charge in [-0.1, -0.05) is 64.7 Å². The minimum Gasteiger partial charge on any atom is -0.481 e. The van der Waals surface area contributed by atoms with Gasteiger partial charge in [-0.2, -0.15) is 0 Å². The van der Waals surface area contributed by atoms with Crippen LogP contribution in [-0.4, -0.2) is 35.4 Å². The van der Waals surface area contributed by atoms with E-state index in [-0.39, 0.29) is 13.2 Å². The van der Waals surface area contributed by atoms with E-state index in [0.29, 0.717) is 12.8 Å². The molecule has 0 aromatic rings. The molecule has 5 nitrogen and oxygen atoms in total. The molecule has 0 aliphatic heterocycles. The molecule has 0 aromatic heterocycles. The van der Waals surface area contributed by atoms with Crippen LogP contribution in [0.5, 0.6) is 0 Å². The fraction of sp³-hybridized carbons (Fsp3) is 0.882. The number of unbranched alkanes of at least 4 members (excludes halogenated alkanes) is 8. The second-order valence-corrected chi connectivity index (χ2v) is 5.75. The van der Waals surface area contributed by atoms with Gasteiger partial charge in [0, 0.05) is 13.0 Å². The lowest BCUT2D eigenvalue weighted by atomic mass is 10.00. The highest BCUT2D eigenvalue weighted by Crippen LogP contribution is 2.15. The van der Waals surface area contributed by atoms with Gasteiger partial charge >= 0.3 is 11.9 Å². The third-order valence-electron chi connectivity index (χ3n) is 3.73. The van der Waals surface area contributed by atoms with Crippen LogP contribution in [0.15, 0.2) is 0 Å². The van der Waals surface area contributed by atoms with Crippen LogP contribution in [0, 0.1) is 5.92 Å². The van der Waals surface area contributed by atoms with Crippen LogP contribution in [0.1, 0.15) is 77.6 Å². The Morgan fingerprint density at radius 2 is 1.45 bits per heavy atom. The third kappa shape index (κ3) is 11.5. The fourth-order valence-electron chi connectivity index (χ4n) is 2.34. The number of hydrogen-bond acceptors (Lipinski definition) is 4. The number of rotatable bonds is 15. The van der Waals surface area contributed by atoms with E-state index >= 15 is 0 Å². The number of esters is 1. The molecule has 0 heterocycles. The molecule has 0 saturated heterocycles. The maximum atomic E-state index is 11.6. The summed E-state index contributed by atoms with van der Waals surface area (Å²) in [7, 11) is 0. The maximum absolute atomic E-state index is 11.6. The number of carboxylic acid groups (broad SMARTS) is 1. The van der Waals surface area contributed by atoms with Crippen LogP contribution >= 0.6 is 0 Å². The molecule has 0 aromatic carbocycles. The van der Waals surface area contributed by atoms with Crippen molar-refractivity contribution in [2.45, 2.75) is 77.6 Å². The Morgan fingerprint density at radius 3 is 1.95 bits per heavy atom. The van der Waals surface area contributed by atoms with Crippen LogP contribution in [0.4, 0.5) is 0 Å². The Labute approximate surface area is 134 Å². The average Bonchev–Trinajstić information content (AvgIpc) is 2.49. The van der Waals surface area contributed by atoms with E-state index in [9.17, 15) is 9.59 Å². The zero-order valence-electron chi connectivity index (χ0n) is 13.9.